The fourth-order valence-electron chi connectivity index (χ4n) is 3.59. The van der Waals surface area contributed by atoms with Gasteiger partial charge in [-0.1, -0.05) is 12.1 Å². The monoisotopic (exact) mass is 359 g/mol. The third kappa shape index (κ3) is 2.91. The number of nitrogens with one attached hydrogen (secondary N) is 2. The van der Waals surface area contributed by atoms with Crippen LogP contribution in [0.2, 0.25) is 0 Å². The lowest BCUT2D eigenvalue weighted by molar-refractivity contribution is 0.254. The molecule has 0 unspecified atom stereocenters. The summed E-state index contributed by atoms with van der Waals surface area (Å²) in [5.41, 5.74) is 5.17. The van der Waals surface area contributed by atoms with E-state index in [4.69, 9.17) is 0 Å². The maximum Gasteiger partial charge on any atom is 0.318 e. The number of aromatic nitrogens is 2. The van der Waals surface area contributed by atoms with E-state index in [1.165, 1.54) is 6.42 Å². The largest absolute Gasteiger partial charge is 0.341 e. The second kappa shape index (κ2) is 6.76. The van der Waals surface area contributed by atoms with E-state index in [-0.39, 0.29) is 6.03 Å². The molecule has 6 heteroatoms. The van der Waals surface area contributed by atoms with Crippen LogP contribution in [0.4, 0.5) is 10.5 Å². The number of rotatable bonds is 3. The van der Waals surface area contributed by atoms with E-state index in [9.17, 15) is 10.1 Å². The molecule has 2 N–H and O–H groups in total. The van der Waals surface area contributed by atoms with Crippen molar-refractivity contribution < 1.29 is 4.79 Å². The number of carbonyl (C=O) groups is 1. The molecule has 1 aliphatic carbocycles. The number of benzene rings is 1. The van der Waals surface area contributed by atoms with E-state index >= 15 is 0 Å². The molecular formula is C21H21N5O. The highest BCUT2D eigenvalue weighted by Gasteiger charge is 2.28. The molecule has 3 aromatic rings. The molecule has 0 saturated heterocycles. The SMILES string of the molecule is CNC(=O)Nc1ccc(-c2c(C#N)c3cc(C)cnc3n2C2CCC2)cc1. The van der Waals surface area contributed by atoms with Crippen molar-refractivity contribution in [3.63, 3.8) is 0 Å². The molecule has 27 heavy (non-hydrogen) atoms. The first-order valence-corrected chi connectivity index (χ1v) is 9.12. The Morgan fingerprint density at radius 3 is 2.63 bits per heavy atom. The molecule has 4 rings (SSSR count). The topological polar surface area (TPSA) is 82.7 Å². The average Bonchev–Trinajstić information content (AvgIpc) is 2.94. The van der Waals surface area contributed by atoms with Crippen LogP contribution in [0.1, 0.15) is 36.4 Å². The van der Waals surface area contributed by atoms with Gasteiger partial charge in [0, 0.05) is 30.4 Å². The van der Waals surface area contributed by atoms with E-state index in [1.807, 2.05) is 43.5 Å². The van der Waals surface area contributed by atoms with Crippen molar-refractivity contribution in [1.82, 2.24) is 14.9 Å². The van der Waals surface area contributed by atoms with Gasteiger partial charge in [-0.25, -0.2) is 9.78 Å². The fraction of sp³-hybridized carbons (Fsp3) is 0.286. The number of pyridine rings is 1. The van der Waals surface area contributed by atoms with Crippen LogP contribution < -0.4 is 10.6 Å². The second-order valence-electron chi connectivity index (χ2n) is 6.96. The molecule has 1 aromatic carbocycles. The standard InChI is InChI=1S/C21H21N5O/c1-13-10-17-18(11-22)19(26(16-4-3-5-16)20(17)24-12-13)14-6-8-15(9-7-14)25-21(27)23-2/h6-10,12,16H,3-5H2,1-2H3,(H2,23,25,27). The summed E-state index contributed by atoms with van der Waals surface area (Å²) < 4.78 is 2.23. The number of nitriles is 1. The summed E-state index contributed by atoms with van der Waals surface area (Å²) in [5.74, 6) is 0. The van der Waals surface area contributed by atoms with Gasteiger partial charge in [-0.2, -0.15) is 5.26 Å². The van der Waals surface area contributed by atoms with Crippen LogP contribution in [-0.2, 0) is 0 Å². The van der Waals surface area contributed by atoms with Crippen molar-refractivity contribution in [1.29, 1.82) is 5.26 Å². The molecular weight excluding hydrogens is 338 g/mol. The molecule has 0 radical (unpaired) electrons. The van der Waals surface area contributed by atoms with Gasteiger partial charge in [-0.05, 0) is 55.5 Å². The molecule has 6 nitrogen and oxygen atoms in total. The number of urea groups is 1. The van der Waals surface area contributed by atoms with Crippen LogP contribution >= 0.6 is 0 Å². The van der Waals surface area contributed by atoms with Crippen molar-refractivity contribution in [2.24, 2.45) is 0 Å². The number of amides is 2. The number of anilines is 1. The number of nitrogens with zero attached hydrogens (tertiary/aromatic N) is 3. The predicted octanol–water partition coefficient (Wildman–Crippen LogP) is 4.36. The highest BCUT2D eigenvalue weighted by molar-refractivity contribution is 5.94. The van der Waals surface area contributed by atoms with Crippen LogP contribution in [0, 0.1) is 18.3 Å². The Bertz CT molecular complexity index is 1050. The Kier molecular flexibility index (Phi) is 4.28. The lowest BCUT2D eigenvalue weighted by Gasteiger charge is -2.29. The molecule has 136 valence electrons. The Morgan fingerprint density at radius 1 is 1.30 bits per heavy atom. The minimum Gasteiger partial charge on any atom is -0.341 e. The van der Waals surface area contributed by atoms with Gasteiger partial charge in [0.2, 0.25) is 0 Å². The Balaban J connectivity index is 1.87. The highest BCUT2D eigenvalue weighted by atomic mass is 16.2. The van der Waals surface area contributed by atoms with Gasteiger partial charge in [0.15, 0.2) is 0 Å². The van der Waals surface area contributed by atoms with Crippen molar-refractivity contribution in [2.45, 2.75) is 32.2 Å². The van der Waals surface area contributed by atoms with Crippen molar-refractivity contribution in [3.8, 4) is 17.3 Å². The normalized spacial score (nSPS) is 13.8. The molecule has 2 amide bonds. The summed E-state index contributed by atoms with van der Waals surface area (Å²) >= 11 is 0. The van der Waals surface area contributed by atoms with E-state index < -0.39 is 0 Å². The average molecular weight is 359 g/mol. The van der Waals surface area contributed by atoms with Crippen molar-refractivity contribution in [3.05, 3.63) is 47.7 Å². The van der Waals surface area contributed by atoms with Crippen LogP contribution in [0.15, 0.2) is 36.5 Å². The molecule has 2 heterocycles. The number of carbonyl (C=O) groups excluding carboxylic acids is 1. The lowest BCUT2D eigenvalue weighted by atomic mass is 9.92. The Hall–Kier alpha value is -3.33. The van der Waals surface area contributed by atoms with Crippen LogP contribution in [0.3, 0.4) is 0 Å². The van der Waals surface area contributed by atoms with Gasteiger partial charge >= 0.3 is 6.03 Å². The first-order valence-electron chi connectivity index (χ1n) is 9.12. The molecule has 0 aliphatic heterocycles. The molecule has 0 bridgehead atoms. The molecule has 1 aliphatic rings. The molecule has 2 aromatic heterocycles. The van der Waals surface area contributed by atoms with Gasteiger partial charge < -0.3 is 15.2 Å². The minimum absolute atomic E-state index is 0.260. The lowest BCUT2D eigenvalue weighted by Crippen LogP contribution is -2.24. The third-order valence-electron chi connectivity index (χ3n) is 5.17. The zero-order chi connectivity index (χ0) is 19.0. The zero-order valence-corrected chi connectivity index (χ0v) is 15.4. The summed E-state index contributed by atoms with van der Waals surface area (Å²) in [6.45, 7) is 1.99. The molecule has 0 spiro atoms. The third-order valence-corrected chi connectivity index (χ3v) is 5.17. The van der Waals surface area contributed by atoms with Gasteiger partial charge in [-0.3, -0.25) is 0 Å². The van der Waals surface area contributed by atoms with Crippen LogP contribution in [-0.4, -0.2) is 22.6 Å². The highest BCUT2D eigenvalue weighted by Crippen LogP contribution is 2.42. The molecule has 1 saturated carbocycles. The van der Waals surface area contributed by atoms with Gasteiger partial charge in [0.25, 0.3) is 0 Å². The van der Waals surface area contributed by atoms with E-state index in [1.54, 1.807) is 7.05 Å². The number of aryl methyl sites for hydroxylation is 1. The van der Waals surface area contributed by atoms with Gasteiger partial charge in [0.05, 0.1) is 11.3 Å². The minimum atomic E-state index is -0.260. The van der Waals surface area contributed by atoms with Crippen LogP contribution in [0.25, 0.3) is 22.3 Å². The summed E-state index contributed by atoms with van der Waals surface area (Å²) in [4.78, 5) is 16.2. The smallest absolute Gasteiger partial charge is 0.318 e. The number of hydrogen-bond donors (Lipinski definition) is 2. The maximum atomic E-state index is 11.5. The van der Waals surface area contributed by atoms with Crippen LogP contribution in [0.5, 0.6) is 0 Å². The van der Waals surface area contributed by atoms with Crippen molar-refractivity contribution >= 4 is 22.8 Å². The summed E-state index contributed by atoms with van der Waals surface area (Å²) in [6, 6.07) is 12.2. The van der Waals surface area contributed by atoms with Gasteiger partial charge in [-0.15, -0.1) is 0 Å². The fourth-order valence-corrected chi connectivity index (χ4v) is 3.59. The summed E-state index contributed by atoms with van der Waals surface area (Å²) in [6.07, 6.45) is 5.27. The first-order chi connectivity index (χ1) is 13.1. The summed E-state index contributed by atoms with van der Waals surface area (Å²) in [5, 5.41) is 16.1. The number of fused-ring (bicyclic) bond motifs is 1. The quantitative estimate of drug-likeness (QED) is 0.729. The van der Waals surface area contributed by atoms with Crippen molar-refractivity contribution in [2.75, 3.05) is 12.4 Å². The first kappa shape index (κ1) is 17.1. The molecule has 1 fully saturated rings. The second-order valence-corrected chi connectivity index (χ2v) is 6.96. The zero-order valence-electron chi connectivity index (χ0n) is 15.4. The van der Waals surface area contributed by atoms with E-state index in [0.29, 0.717) is 17.3 Å². The number of hydrogen-bond acceptors (Lipinski definition) is 3. The predicted molar refractivity (Wildman–Crippen MR) is 106 cm³/mol. The molecule has 0 atom stereocenters. The Morgan fingerprint density at radius 2 is 2.04 bits per heavy atom. The summed E-state index contributed by atoms with van der Waals surface area (Å²) in [7, 11) is 1.58. The maximum absolute atomic E-state index is 11.5. The van der Waals surface area contributed by atoms with Gasteiger partial charge in [0.1, 0.15) is 11.7 Å². The van der Waals surface area contributed by atoms with E-state index in [0.717, 1.165) is 40.7 Å². The van der Waals surface area contributed by atoms with E-state index in [2.05, 4.69) is 26.3 Å². The Labute approximate surface area is 157 Å².